The number of aromatic amines is 1. The van der Waals surface area contributed by atoms with Gasteiger partial charge in [-0.15, -0.1) is 5.10 Å². The summed E-state index contributed by atoms with van der Waals surface area (Å²) < 4.78 is 0.849. The van der Waals surface area contributed by atoms with Crippen LogP contribution in [0.3, 0.4) is 0 Å². The molecule has 0 unspecified atom stereocenters. The van der Waals surface area contributed by atoms with Crippen LogP contribution in [0, 0.1) is 0 Å². The molecule has 6 nitrogen and oxygen atoms in total. The van der Waals surface area contributed by atoms with Crippen LogP contribution < -0.4 is 5.32 Å². The molecule has 0 saturated carbocycles. The molecule has 0 atom stereocenters. The molecule has 2 aromatic rings. The number of anilines is 1. The summed E-state index contributed by atoms with van der Waals surface area (Å²) >= 11 is 3.26. The zero-order chi connectivity index (χ0) is 12.3. The van der Waals surface area contributed by atoms with Crippen LogP contribution in [0.4, 0.5) is 5.82 Å². The molecular formula is C10H10BrN5O. The average Bonchev–Trinajstić information content (AvgIpc) is 2.81. The van der Waals surface area contributed by atoms with Gasteiger partial charge in [0.05, 0.1) is 0 Å². The molecule has 2 heterocycles. The Morgan fingerprint density at radius 1 is 1.53 bits per heavy atom. The molecule has 0 aliphatic carbocycles. The molecule has 0 radical (unpaired) electrons. The van der Waals surface area contributed by atoms with Crippen LogP contribution in [0.25, 0.3) is 0 Å². The average molecular weight is 296 g/mol. The summed E-state index contributed by atoms with van der Waals surface area (Å²) in [6, 6.07) is 3.48. The molecule has 2 rings (SSSR count). The number of carbonyl (C=O) groups is 1. The molecule has 0 fully saturated rings. The maximum Gasteiger partial charge on any atom is 0.296 e. The Labute approximate surface area is 106 Å². The molecule has 1 amide bonds. The second-order valence-electron chi connectivity index (χ2n) is 3.28. The number of aromatic nitrogens is 4. The number of halogens is 1. The second kappa shape index (κ2) is 5.05. The van der Waals surface area contributed by atoms with Crippen molar-refractivity contribution in [2.45, 2.75) is 13.3 Å². The van der Waals surface area contributed by atoms with E-state index in [9.17, 15) is 4.79 Å². The van der Waals surface area contributed by atoms with Gasteiger partial charge in [0.15, 0.2) is 0 Å². The van der Waals surface area contributed by atoms with E-state index in [4.69, 9.17) is 0 Å². The molecule has 17 heavy (non-hydrogen) atoms. The van der Waals surface area contributed by atoms with Crippen molar-refractivity contribution in [3.63, 3.8) is 0 Å². The molecule has 0 saturated heterocycles. The first kappa shape index (κ1) is 11.7. The third kappa shape index (κ3) is 2.88. The van der Waals surface area contributed by atoms with Crippen molar-refractivity contribution in [3.05, 3.63) is 34.5 Å². The van der Waals surface area contributed by atoms with Gasteiger partial charge in [0.25, 0.3) is 5.91 Å². The minimum Gasteiger partial charge on any atom is -0.304 e. The predicted molar refractivity (Wildman–Crippen MR) is 65.7 cm³/mol. The molecule has 0 aliphatic heterocycles. The van der Waals surface area contributed by atoms with Crippen LogP contribution in [0.15, 0.2) is 22.8 Å². The number of aryl methyl sites for hydroxylation is 1. The first-order chi connectivity index (χ1) is 8.19. The molecule has 7 heteroatoms. The van der Waals surface area contributed by atoms with Gasteiger partial charge in [0.2, 0.25) is 5.82 Å². The van der Waals surface area contributed by atoms with Crippen molar-refractivity contribution in [1.82, 2.24) is 20.2 Å². The fourth-order valence-electron chi connectivity index (χ4n) is 1.18. The van der Waals surface area contributed by atoms with E-state index in [-0.39, 0.29) is 11.7 Å². The zero-order valence-corrected chi connectivity index (χ0v) is 10.7. The Balaban J connectivity index is 2.08. The van der Waals surface area contributed by atoms with E-state index in [1.54, 1.807) is 18.3 Å². The summed E-state index contributed by atoms with van der Waals surface area (Å²) in [4.78, 5) is 19.8. The Kier molecular flexibility index (Phi) is 3.48. The fourth-order valence-corrected chi connectivity index (χ4v) is 1.41. The highest BCUT2D eigenvalue weighted by Crippen LogP contribution is 2.10. The lowest BCUT2D eigenvalue weighted by Gasteiger charge is -2.00. The lowest BCUT2D eigenvalue weighted by molar-refractivity contribution is 0.101. The van der Waals surface area contributed by atoms with Gasteiger partial charge in [-0.3, -0.25) is 9.89 Å². The van der Waals surface area contributed by atoms with Crippen LogP contribution in [-0.2, 0) is 6.42 Å². The maximum absolute atomic E-state index is 11.7. The number of nitrogens with zero attached hydrogens (tertiary/aromatic N) is 3. The zero-order valence-electron chi connectivity index (χ0n) is 9.07. The van der Waals surface area contributed by atoms with Gasteiger partial charge in [0, 0.05) is 17.1 Å². The molecule has 0 aliphatic rings. The first-order valence-electron chi connectivity index (χ1n) is 5.03. The van der Waals surface area contributed by atoms with Gasteiger partial charge in [-0.25, -0.2) is 9.97 Å². The summed E-state index contributed by atoms with van der Waals surface area (Å²) in [6.45, 7) is 1.93. The third-order valence-corrected chi connectivity index (χ3v) is 2.51. The predicted octanol–water partition coefficient (Wildman–Crippen LogP) is 1.78. The third-order valence-electron chi connectivity index (χ3n) is 2.04. The molecule has 2 N–H and O–H groups in total. The normalized spacial score (nSPS) is 10.2. The highest BCUT2D eigenvalue weighted by atomic mass is 79.9. The molecule has 0 spiro atoms. The van der Waals surface area contributed by atoms with Crippen molar-refractivity contribution < 1.29 is 4.79 Å². The van der Waals surface area contributed by atoms with Gasteiger partial charge >= 0.3 is 0 Å². The second-order valence-corrected chi connectivity index (χ2v) is 4.19. The monoisotopic (exact) mass is 295 g/mol. The van der Waals surface area contributed by atoms with Crippen molar-refractivity contribution in [3.8, 4) is 0 Å². The summed E-state index contributed by atoms with van der Waals surface area (Å²) in [5.74, 6) is 0.877. The molecule has 0 aromatic carbocycles. The Morgan fingerprint density at radius 3 is 2.94 bits per heavy atom. The Bertz CT molecular complexity index is 522. The number of nitrogens with one attached hydrogen (secondary N) is 2. The van der Waals surface area contributed by atoms with E-state index < -0.39 is 0 Å². The van der Waals surface area contributed by atoms with E-state index in [0.717, 1.165) is 4.47 Å². The van der Waals surface area contributed by atoms with Crippen LogP contribution in [-0.4, -0.2) is 26.1 Å². The van der Waals surface area contributed by atoms with Crippen molar-refractivity contribution >= 4 is 27.7 Å². The number of pyridine rings is 1. The summed E-state index contributed by atoms with van der Waals surface area (Å²) in [5, 5.41) is 9.10. The highest BCUT2D eigenvalue weighted by Gasteiger charge is 2.12. The number of amides is 1. The quantitative estimate of drug-likeness (QED) is 0.904. The number of rotatable bonds is 3. The van der Waals surface area contributed by atoms with Crippen LogP contribution >= 0.6 is 15.9 Å². The van der Waals surface area contributed by atoms with Crippen molar-refractivity contribution in [2.24, 2.45) is 0 Å². The number of H-pyrrole nitrogens is 1. The van der Waals surface area contributed by atoms with Crippen LogP contribution in [0.2, 0.25) is 0 Å². The lowest BCUT2D eigenvalue weighted by atomic mass is 10.4. The van der Waals surface area contributed by atoms with Gasteiger partial charge < -0.3 is 5.32 Å². The van der Waals surface area contributed by atoms with E-state index in [1.807, 2.05) is 6.92 Å². The van der Waals surface area contributed by atoms with Gasteiger partial charge in [-0.05, 0) is 28.1 Å². The topological polar surface area (TPSA) is 83.6 Å². The van der Waals surface area contributed by atoms with Gasteiger partial charge in [-0.1, -0.05) is 6.92 Å². The van der Waals surface area contributed by atoms with Crippen LogP contribution in [0.1, 0.15) is 23.4 Å². The van der Waals surface area contributed by atoms with E-state index in [0.29, 0.717) is 18.1 Å². The minimum absolute atomic E-state index is 0.117. The molecule has 88 valence electrons. The Hall–Kier alpha value is -1.76. The highest BCUT2D eigenvalue weighted by molar-refractivity contribution is 9.10. The fraction of sp³-hybridized carbons (Fsp3) is 0.200. The van der Waals surface area contributed by atoms with E-state index in [1.165, 1.54) is 0 Å². The van der Waals surface area contributed by atoms with Gasteiger partial charge in [0.1, 0.15) is 11.6 Å². The van der Waals surface area contributed by atoms with Crippen molar-refractivity contribution in [1.29, 1.82) is 0 Å². The summed E-state index contributed by atoms with van der Waals surface area (Å²) in [7, 11) is 0. The van der Waals surface area contributed by atoms with Crippen molar-refractivity contribution in [2.75, 3.05) is 5.32 Å². The van der Waals surface area contributed by atoms with Gasteiger partial charge in [-0.2, -0.15) is 0 Å². The largest absolute Gasteiger partial charge is 0.304 e. The molecule has 2 aromatic heterocycles. The summed E-state index contributed by atoms with van der Waals surface area (Å²) in [5.41, 5.74) is 0. The number of hydrogen-bond donors (Lipinski definition) is 2. The first-order valence-corrected chi connectivity index (χ1v) is 5.82. The minimum atomic E-state index is -0.379. The Morgan fingerprint density at radius 2 is 2.35 bits per heavy atom. The smallest absolute Gasteiger partial charge is 0.296 e. The lowest BCUT2D eigenvalue weighted by Crippen LogP contribution is -2.14. The summed E-state index contributed by atoms with van der Waals surface area (Å²) in [6.07, 6.45) is 2.31. The number of carbonyl (C=O) groups excluding carboxylic acids is 1. The van der Waals surface area contributed by atoms with Crippen LogP contribution in [0.5, 0.6) is 0 Å². The molecular weight excluding hydrogens is 286 g/mol. The maximum atomic E-state index is 11.7. The SMILES string of the molecule is CCc1nc(C(=O)Nc2ccc(Br)cn2)n[nH]1. The number of hydrogen-bond acceptors (Lipinski definition) is 4. The standard InChI is InChI=1S/C10H10BrN5O/c1-2-7-13-9(16-15-7)10(17)14-8-4-3-6(11)5-12-8/h3-5H,2H2,1H3,(H,12,14,17)(H,13,15,16). The molecule has 0 bridgehead atoms. The van der Waals surface area contributed by atoms with E-state index in [2.05, 4.69) is 41.4 Å². The van der Waals surface area contributed by atoms with E-state index >= 15 is 0 Å².